The fourth-order valence-corrected chi connectivity index (χ4v) is 12.3. The van der Waals surface area contributed by atoms with Crippen LogP contribution < -0.4 is 5.32 Å². The molecular weight excluding hydrogens is 1170 g/mol. The third-order valence-electron chi connectivity index (χ3n) is 18.5. The van der Waals surface area contributed by atoms with Gasteiger partial charge in [0.15, 0.2) is 12.4 Å². The smallest absolute Gasteiger partial charge is 0.306 e. The van der Waals surface area contributed by atoms with Crippen LogP contribution >= 0.6 is 0 Å². The van der Waals surface area contributed by atoms with E-state index in [0.29, 0.717) is 12.8 Å². The minimum Gasteiger partial charge on any atom is -0.454 e. The number of aliphatic hydroxyl groups excluding tert-OH is 5. The van der Waals surface area contributed by atoms with Crippen molar-refractivity contribution in [2.75, 3.05) is 13.2 Å². The van der Waals surface area contributed by atoms with Crippen molar-refractivity contribution in [3.05, 3.63) is 85.1 Å². The molecule has 0 aromatic carbocycles. The average molecular weight is 1320 g/mol. The second-order valence-electron chi connectivity index (χ2n) is 27.4. The molecule has 1 heterocycles. The van der Waals surface area contributed by atoms with Gasteiger partial charge in [-0.25, -0.2) is 0 Å². The maximum atomic E-state index is 13.5. The molecule has 8 atom stereocenters. The first-order valence-corrected chi connectivity index (χ1v) is 39.9. The fraction of sp³-hybridized carbons (Fsp3) is 0.807. The number of esters is 1. The molecule has 1 amide bonds. The molecule has 1 aliphatic heterocycles. The number of nitrogens with one attached hydrogen (secondary N) is 1. The Balaban J connectivity index is 2.49. The quantitative estimate of drug-likeness (QED) is 0.0195. The first-order chi connectivity index (χ1) is 46.2. The van der Waals surface area contributed by atoms with Gasteiger partial charge in [0.25, 0.3) is 0 Å². The lowest BCUT2D eigenvalue weighted by molar-refractivity contribution is -0.305. The Morgan fingerprint density at radius 1 is 0.426 bits per heavy atom. The number of allylic oxidation sites excluding steroid dienone is 13. The van der Waals surface area contributed by atoms with Crippen molar-refractivity contribution in [2.45, 2.75) is 416 Å². The summed E-state index contributed by atoms with van der Waals surface area (Å²) in [6, 6.07) is -1.03. The third-order valence-corrected chi connectivity index (χ3v) is 18.5. The van der Waals surface area contributed by atoms with E-state index >= 15 is 0 Å². The monoisotopic (exact) mass is 1320 g/mol. The Bertz CT molecular complexity index is 1860. The number of hydrogen-bond acceptors (Lipinski definition) is 10. The summed E-state index contributed by atoms with van der Waals surface area (Å²) >= 11 is 0. The van der Waals surface area contributed by atoms with Gasteiger partial charge in [-0.3, -0.25) is 9.59 Å². The Hall–Kier alpha value is -3.16. The number of ether oxygens (including phenoxy) is 3. The van der Waals surface area contributed by atoms with E-state index < -0.39 is 67.4 Å². The molecule has 1 saturated heterocycles. The van der Waals surface area contributed by atoms with Gasteiger partial charge in [0.1, 0.15) is 24.4 Å². The predicted octanol–water partition coefficient (Wildman–Crippen LogP) is 21.6. The molecule has 94 heavy (non-hydrogen) atoms. The zero-order chi connectivity index (χ0) is 68.1. The number of aliphatic hydroxyl groups is 5. The molecule has 1 fully saturated rings. The van der Waals surface area contributed by atoms with Crippen LogP contribution in [0.25, 0.3) is 0 Å². The van der Waals surface area contributed by atoms with Crippen molar-refractivity contribution >= 4 is 11.9 Å². The Morgan fingerprint density at radius 2 is 0.766 bits per heavy atom. The minimum atomic E-state index is -1.62. The van der Waals surface area contributed by atoms with Crippen LogP contribution in [-0.2, 0) is 23.8 Å². The van der Waals surface area contributed by atoms with Crippen molar-refractivity contribution in [2.24, 2.45) is 0 Å². The van der Waals surface area contributed by atoms with Crippen molar-refractivity contribution < 1.29 is 49.3 Å². The second kappa shape index (κ2) is 69.7. The van der Waals surface area contributed by atoms with E-state index in [1.54, 1.807) is 6.08 Å². The normalized spacial score (nSPS) is 18.2. The summed E-state index contributed by atoms with van der Waals surface area (Å²) in [6.07, 6.45) is 83.5. The predicted molar refractivity (Wildman–Crippen MR) is 398 cm³/mol. The van der Waals surface area contributed by atoms with E-state index in [9.17, 15) is 35.1 Å². The average Bonchev–Trinajstić information content (AvgIpc) is 0.828. The van der Waals surface area contributed by atoms with E-state index in [4.69, 9.17) is 14.2 Å². The zero-order valence-corrected chi connectivity index (χ0v) is 61.1. The van der Waals surface area contributed by atoms with Gasteiger partial charge in [-0.15, -0.1) is 0 Å². The van der Waals surface area contributed by atoms with Gasteiger partial charge < -0.3 is 45.1 Å². The first kappa shape index (κ1) is 88.9. The van der Waals surface area contributed by atoms with Crippen LogP contribution in [-0.4, -0.2) is 99.6 Å². The first-order valence-electron chi connectivity index (χ1n) is 39.9. The number of carbonyl (C=O) groups is 2. The van der Waals surface area contributed by atoms with Crippen molar-refractivity contribution in [3.8, 4) is 0 Å². The van der Waals surface area contributed by atoms with Crippen molar-refractivity contribution in [1.29, 1.82) is 0 Å². The van der Waals surface area contributed by atoms with E-state index in [2.05, 4.69) is 99.0 Å². The molecule has 0 spiro atoms. The van der Waals surface area contributed by atoms with Crippen molar-refractivity contribution in [3.63, 3.8) is 0 Å². The third kappa shape index (κ3) is 55.8. The number of amides is 1. The van der Waals surface area contributed by atoms with Crippen LogP contribution in [0, 0.1) is 0 Å². The molecule has 11 heteroatoms. The van der Waals surface area contributed by atoms with Gasteiger partial charge >= 0.3 is 5.97 Å². The maximum Gasteiger partial charge on any atom is 0.306 e. The van der Waals surface area contributed by atoms with E-state index in [1.165, 1.54) is 225 Å². The van der Waals surface area contributed by atoms with Crippen LogP contribution in [0.5, 0.6) is 0 Å². The molecule has 0 aromatic heterocycles. The van der Waals surface area contributed by atoms with E-state index in [0.717, 1.165) is 96.3 Å². The number of unbranched alkanes of at least 4 members (excludes halogenated alkanes) is 43. The topological polar surface area (TPSA) is 175 Å². The molecule has 1 aliphatic rings. The van der Waals surface area contributed by atoms with Gasteiger partial charge in [-0.2, -0.15) is 0 Å². The largest absolute Gasteiger partial charge is 0.454 e. The SMILES string of the molecule is CC/C=C\C/C=C\C/C=C\C/C=C\C/C=C\CCCCCCCCCCCCC(O)C(=O)NC(COC1OC(CO)C(O)C(O)C1OC(=O)CCCCCCCCCCCCCCCCCCC/C=C/CCCCCCCC)C(O)/C=C/CCCCCCCCCCCC. The summed E-state index contributed by atoms with van der Waals surface area (Å²) in [5.74, 6) is -1.19. The lowest BCUT2D eigenvalue weighted by Gasteiger charge is -2.41. The van der Waals surface area contributed by atoms with Gasteiger partial charge in [0, 0.05) is 6.42 Å². The molecule has 0 aromatic rings. The lowest BCUT2D eigenvalue weighted by Crippen LogP contribution is -2.61. The van der Waals surface area contributed by atoms with Crippen LogP contribution in [0.3, 0.4) is 0 Å². The zero-order valence-electron chi connectivity index (χ0n) is 61.1. The van der Waals surface area contributed by atoms with Gasteiger partial charge in [-0.1, -0.05) is 350 Å². The van der Waals surface area contributed by atoms with Crippen LogP contribution in [0.4, 0.5) is 0 Å². The molecule has 1 rings (SSSR count). The van der Waals surface area contributed by atoms with Gasteiger partial charge in [0.2, 0.25) is 5.91 Å². The lowest BCUT2D eigenvalue weighted by atomic mass is 9.99. The summed E-state index contributed by atoms with van der Waals surface area (Å²) in [5, 5.41) is 57.4. The minimum absolute atomic E-state index is 0.125. The number of hydrogen-bond donors (Lipinski definition) is 6. The number of rotatable bonds is 69. The molecule has 0 saturated carbocycles. The van der Waals surface area contributed by atoms with Crippen LogP contribution in [0.2, 0.25) is 0 Å². The Morgan fingerprint density at radius 3 is 1.16 bits per heavy atom. The van der Waals surface area contributed by atoms with E-state index in [-0.39, 0.29) is 19.4 Å². The van der Waals surface area contributed by atoms with Crippen molar-refractivity contribution in [1.82, 2.24) is 5.32 Å². The summed E-state index contributed by atoms with van der Waals surface area (Å²) < 4.78 is 17.8. The number of carbonyl (C=O) groups excluding carboxylic acids is 2. The Labute approximate surface area is 578 Å². The molecular formula is C83H149NO10. The summed E-state index contributed by atoms with van der Waals surface area (Å²) in [6.45, 7) is 5.72. The highest BCUT2D eigenvalue weighted by molar-refractivity contribution is 5.80. The second-order valence-corrected chi connectivity index (χ2v) is 27.4. The maximum absolute atomic E-state index is 13.5. The standard InChI is InChI=1S/C83H149NO10/c1-4-7-10-13-16-19-22-25-27-29-31-33-35-37-39-41-43-45-47-49-51-53-56-59-62-65-68-71-78(88)94-81-80(90)79(89)77(72-85)93-83(81)92-73-74(75(86)69-66-63-60-57-54-24-21-18-15-12-9-6-3)84-82(91)76(87)70-67-64-61-58-55-52-50-48-46-44-42-40-38-36-34-32-30-28-26-23-20-17-14-11-8-5-2/h8,11,17,20,25-28,32,34,38,40,66,69,74-77,79-81,83,85-87,89-90H,4-7,9-10,12-16,18-19,21-24,29-31,33,35-37,39,41-65,67-68,70-73H2,1-3H3,(H,84,91)/b11-8-,20-17-,27-25+,28-26-,34-32-,40-38-,69-66+. The molecule has 546 valence electrons. The van der Waals surface area contributed by atoms with Crippen LogP contribution in [0.15, 0.2) is 85.1 Å². The highest BCUT2D eigenvalue weighted by Gasteiger charge is 2.47. The molecule has 6 N–H and O–H groups in total. The van der Waals surface area contributed by atoms with E-state index in [1.807, 2.05) is 6.08 Å². The molecule has 8 unspecified atom stereocenters. The fourth-order valence-electron chi connectivity index (χ4n) is 12.3. The van der Waals surface area contributed by atoms with Gasteiger partial charge in [0.05, 0.1) is 25.4 Å². The van der Waals surface area contributed by atoms with Gasteiger partial charge in [-0.05, 0) is 96.3 Å². The molecule has 0 radical (unpaired) electrons. The molecule has 0 bridgehead atoms. The highest BCUT2D eigenvalue weighted by Crippen LogP contribution is 2.27. The summed E-state index contributed by atoms with van der Waals surface area (Å²) in [4.78, 5) is 26.8. The summed E-state index contributed by atoms with van der Waals surface area (Å²) in [7, 11) is 0. The van der Waals surface area contributed by atoms with Crippen LogP contribution in [0.1, 0.15) is 367 Å². The Kier molecular flexibility index (Phi) is 65.9. The highest BCUT2D eigenvalue weighted by atomic mass is 16.7. The molecule has 0 aliphatic carbocycles. The molecule has 11 nitrogen and oxygen atoms in total. The summed E-state index contributed by atoms with van der Waals surface area (Å²) in [5.41, 5.74) is 0.